The lowest BCUT2D eigenvalue weighted by atomic mass is 9.88. The molecule has 1 saturated carbocycles. The highest BCUT2D eigenvalue weighted by Crippen LogP contribution is 2.38. The first-order chi connectivity index (χ1) is 15.9. The number of hydrogen-bond acceptors (Lipinski definition) is 7. The zero-order chi connectivity index (χ0) is 23.5. The average Bonchev–Trinajstić information content (AvgIpc) is 2.80. The van der Waals surface area contributed by atoms with Gasteiger partial charge in [0.1, 0.15) is 42.3 Å². The third-order valence-corrected chi connectivity index (χ3v) is 6.71. The van der Waals surface area contributed by atoms with Crippen molar-refractivity contribution in [3.63, 3.8) is 0 Å². The summed E-state index contributed by atoms with van der Waals surface area (Å²) in [4.78, 5) is 0. The Kier molecular flexibility index (Phi) is 7.32. The molecular weight excluding hydrogens is 422 g/mol. The summed E-state index contributed by atoms with van der Waals surface area (Å²) in [5, 5.41) is 50.6. The van der Waals surface area contributed by atoms with E-state index in [1.165, 1.54) is 5.56 Å². The summed E-state index contributed by atoms with van der Waals surface area (Å²) >= 11 is 0. The van der Waals surface area contributed by atoms with Crippen LogP contribution in [0.15, 0.2) is 36.4 Å². The number of rotatable bonds is 7. The van der Waals surface area contributed by atoms with Gasteiger partial charge in [0.05, 0.1) is 18.3 Å². The van der Waals surface area contributed by atoms with Crippen molar-refractivity contribution in [2.24, 2.45) is 0 Å². The van der Waals surface area contributed by atoms with E-state index in [9.17, 15) is 25.7 Å². The lowest BCUT2D eigenvalue weighted by molar-refractivity contribution is -0.231. The minimum Gasteiger partial charge on any atom is -0.489 e. The molecule has 2 aliphatic rings. The SMILES string of the molecule is CCc1ccc(Cc2cc([C@@H]3O[C@H](CO)[C@@H](O)[C@H](O)[C@H]3O)cc(OC3CCC3)c2C#N)cc1. The molecule has 0 aromatic heterocycles. The molecule has 2 fully saturated rings. The van der Waals surface area contributed by atoms with Crippen LogP contribution in [-0.2, 0) is 17.6 Å². The maximum absolute atomic E-state index is 10.6. The van der Waals surface area contributed by atoms with Crippen LogP contribution in [0.5, 0.6) is 5.75 Å². The molecule has 4 N–H and O–H groups in total. The summed E-state index contributed by atoms with van der Waals surface area (Å²) < 4.78 is 11.9. The van der Waals surface area contributed by atoms with Gasteiger partial charge < -0.3 is 29.9 Å². The Morgan fingerprint density at radius 3 is 2.30 bits per heavy atom. The smallest absolute Gasteiger partial charge is 0.138 e. The monoisotopic (exact) mass is 453 g/mol. The summed E-state index contributed by atoms with van der Waals surface area (Å²) in [5.74, 6) is 0.428. The van der Waals surface area contributed by atoms with Crippen molar-refractivity contribution in [2.45, 2.75) is 75.7 Å². The van der Waals surface area contributed by atoms with Crippen molar-refractivity contribution >= 4 is 0 Å². The van der Waals surface area contributed by atoms with Gasteiger partial charge in [0.15, 0.2) is 0 Å². The second kappa shape index (κ2) is 10.2. The van der Waals surface area contributed by atoms with E-state index < -0.39 is 37.1 Å². The molecule has 7 nitrogen and oxygen atoms in total. The second-order valence-electron chi connectivity index (χ2n) is 8.93. The second-order valence-corrected chi connectivity index (χ2v) is 8.93. The van der Waals surface area contributed by atoms with Gasteiger partial charge in [0.2, 0.25) is 0 Å². The zero-order valence-corrected chi connectivity index (χ0v) is 18.7. The first-order valence-electron chi connectivity index (χ1n) is 11.6. The maximum atomic E-state index is 10.6. The molecule has 0 amide bonds. The average molecular weight is 454 g/mol. The number of nitrogens with zero attached hydrogens (tertiary/aromatic N) is 1. The molecule has 7 heteroatoms. The summed E-state index contributed by atoms with van der Waals surface area (Å²) in [6.45, 7) is 1.59. The molecule has 1 aliphatic carbocycles. The molecule has 0 bridgehead atoms. The van der Waals surface area contributed by atoms with E-state index in [1.807, 2.05) is 12.1 Å². The number of hydrogen-bond donors (Lipinski definition) is 4. The minimum absolute atomic E-state index is 0.0406. The Bertz CT molecular complexity index is 995. The predicted molar refractivity (Wildman–Crippen MR) is 121 cm³/mol. The molecule has 0 radical (unpaired) electrons. The molecule has 1 aliphatic heterocycles. The van der Waals surface area contributed by atoms with E-state index in [0.29, 0.717) is 23.3 Å². The topological polar surface area (TPSA) is 123 Å². The van der Waals surface area contributed by atoms with Crippen LogP contribution in [0.2, 0.25) is 0 Å². The first-order valence-corrected chi connectivity index (χ1v) is 11.6. The molecule has 2 aromatic rings. The van der Waals surface area contributed by atoms with Gasteiger partial charge in [-0.05, 0) is 60.4 Å². The predicted octanol–water partition coefficient (Wildman–Crippen LogP) is 2.16. The van der Waals surface area contributed by atoms with Crippen molar-refractivity contribution < 1.29 is 29.9 Å². The van der Waals surface area contributed by atoms with Gasteiger partial charge in [0, 0.05) is 0 Å². The highest BCUT2D eigenvalue weighted by atomic mass is 16.5. The van der Waals surface area contributed by atoms with E-state index in [1.54, 1.807) is 12.1 Å². The van der Waals surface area contributed by atoms with E-state index in [0.717, 1.165) is 36.8 Å². The van der Waals surface area contributed by atoms with Gasteiger partial charge in [0.25, 0.3) is 0 Å². The fourth-order valence-corrected chi connectivity index (χ4v) is 4.38. The Morgan fingerprint density at radius 1 is 1.03 bits per heavy atom. The fraction of sp³-hybridized carbons (Fsp3) is 0.500. The van der Waals surface area contributed by atoms with Crippen LogP contribution in [0.3, 0.4) is 0 Å². The maximum Gasteiger partial charge on any atom is 0.138 e. The number of nitriles is 1. The van der Waals surface area contributed by atoms with E-state index in [2.05, 4.69) is 25.1 Å². The van der Waals surface area contributed by atoms with E-state index in [-0.39, 0.29) is 6.10 Å². The molecule has 1 heterocycles. The summed E-state index contributed by atoms with van der Waals surface area (Å²) in [6.07, 6.45) is -1.92. The first kappa shape index (κ1) is 23.7. The van der Waals surface area contributed by atoms with Gasteiger partial charge in [-0.2, -0.15) is 5.26 Å². The van der Waals surface area contributed by atoms with Crippen molar-refractivity contribution in [3.8, 4) is 11.8 Å². The molecule has 0 unspecified atom stereocenters. The van der Waals surface area contributed by atoms with Crippen molar-refractivity contribution in [1.82, 2.24) is 0 Å². The molecule has 0 spiro atoms. The quantitative estimate of drug-likeness (QED) is 0.507. The van der Waals surface area contributed by atoms with Crippen LogP contribution in [-0.4, -0.2) is 57.6 Å². The number of aryl methyl sites for hydroxylation is 1. The molecular formula is C26H31NO6. The summed E-state index contributed by atoms with van der Waals surface area (Å²) in [5.41, 5.74) is 3.95. The van der Waals surface area contributed by atoms with Gasteiger partial charge in [-0.25, -0.2) is 0 Å². The number of aliphatic hydroxyl groups is 4. The Labute approximate surface area is 193 Å². The van der Waals surface area contributed by atoms with Crippen molar-refractivity contribution in [3.05, 3.63) is 64.2 Å². The third-order valence-electron chi connectivity index (χ3n) is 6.71. The fourth-order valence-electron chi connectivity index (χ4n) is 4.38. The standard InChI is InChI=1S/C26H31NO6/c1-2-15-6-8-16(9-7-15)10-17-11-18(12-21(20(17)13-27)32-19-4-3-5-19)26-25(31)24(30)23(29)22(14-28)33-26/h6-9,11-12,19,22-26,28-31H,2-5,10,14H2,1H3/t22-,23-,24+,25-,26+/m1/s1. The molecule has 33 heavy (non-hydrogen) atoms. The van der Waals surface area contributed by atoms with E-state index >= 15 is 0 Å². The van der Waals surface area contributed by atoms with Gasteiger partial charge in [-0.1, -0.05) is 37.3 Å². The van der Waals surface area contributed by atoms with Gasteiger partial charge in [-0.15, -0.1) is 0 Å². The molecule has 176 valence electrons. The molecule has 5 atom stereocenters. The van der Waals surface area contributed by atoms with E-state index in [4.69, 9.17) is 9.47 Å². The van der Waals surface area contributed by atoms with Crippen molar-refractivity contribution in [2.75, 3.05) is 6.61 Å². The lowest BCUT2D eigenvalue weighted by Crippen LogP contribution is -2.55. The molecule has 1 saturated heterocycles. The highest BCUT2D eigenvalue weighted by Gasteiger charge is 2.44. The third kappa shape index (κ3) is 4.91. The van der Waals surface area contributed by atoms with Crippen LogP contribution in [0, 0.1) is 11.3 Å². The van der Waals surface area contributed by atoms with Crippen LogP contribution < -0.4 is 4.74 Å². The minimum atomic E-state index is -1.47. The van der Waals surface area contributed by atoms with Crippen LogP contribution in [0.4, 0.5) is 0 Å². The Hall–Kier alpha value is -2.47. The molecule has 4 rings (SSSR count). The summed E-state index contributed by atoms with van der Waals surface area (Å²) in [6, 6.07) is 13.9. The largest absolute Gasteiger partial charge is 0.489 e. The number of aliphatic hydroxyl groups excluding tert-OH is 4. The normalized spacial score (nSPS) is 27.6. The van der Waals surface area contributed by atoms with Gasteiger partial charge >= 0.3 is 0 Å². The zero-order valence-electron chi connectivity index (χ0n) is 18.7. The van der Waals surface area contributed by atoms with Crippen molar-refractivity contribution in [1.29, 1.82) is 5.26 Å². The Morgan fingerprint density at radius 2 is 1.73 bits per heavy atom. The van der Waals surface area contributed by atoms with Crippen LogP contribution >= 0.6 is 0 Å². The number of benzene rings is 2. The summed E-state index contributed by atoms with van der Waals surface area (Å²) in [7, 11) is 0. The number of ether oxygens (including phenoxy) is 2. The lowest BCUT2D eigenvalue weighted by Gasteiger charge is -2.40. The van der Waals surface area contributed by atoms with Gasteiger partial charge in [-0.3, -0.25) is 0 Å². The highest BCUT2D eigenvalue weighted by molar-refractivity contribution is 5.53. The van der Waals surface area contributed by atoms with Crippen LogP contribution in [0.25, 0.3) is 0 Å². The molecule has 2 aromatic carbocycles. The van der Waals surface area contributed by atoms with Crippen LogP contribution in [0.1, 0.15) is 60.1 Å². The Balaban J connectivity index is 1.73.